The number of rotatable bonds is 1. The quantitative estimate of drug-likeness (QED) is 0.773. The minimum Gasteiger partial charge on any atom is -0.497 e. The van der Waals surface area contributed by atoms with Gasteiger partial charge < -0.3 is 9.47 Å². The molecule has 0 aliphatic carbocycles. The van der Waals surface area contributed by atoms with Gasteiger partial charge in [-0.1, -0.05) is 0 Å². The van der Waals surface area contributed by atoms with Crippen LogP contribution in [0.15, 0.2) is 23.1 Å². The molecule has 96 valence electrons. The van der Waals surface area contributed by atoms with Gasteiger partial charge in [-0.2, -0.15) is 0 Å². The molecule has 0 aromatic heterocycles. The molecule has 0 saturated heterocycles. The summed E-state index contributed by atoms with van der Waals surface area (Å²) in [4.78, 5) is 2.76. The van der Waals surface area contributed by atoms with Crippen LogP contribution in [0.3, 0.4) is 0 Å². The zero-order valence-electron chi connectivity index (χ0n) is 10.8. The Morgan fingerprint density at radius 1 is 1.22 bits per heavy atom. The van der Waals surface area contributed by atoms with E-state index in [0.29, 0.717) is 0 Å². The van der Waals surface area contributed by atoms with Crippen molar-refractivity contribution >= 4 is 28.4 Å². The van der Waals surface area contributed by atoms with Crippen LogP contribution in [-0.2, 0) is 0 Å². The van der Waals surface area contributed by atoms with Crippen molar-refractivity contribution in [3.05, 3.63) is 28.7 Å². The van der Waals surface area contributed by atoms with Crippen LogP contribution >= 0.6 is 23.5 Å². The molecule has 0 unspecified atom stereocenters. The third-order valence-electron chi connectivity index (χ3n) is 3.13. The maximum atomic E-state index is 6.16. The molecule has 0 atom stereocenters. The zero-order chi connectivity index (χ0) is 12.8. The van der Waals surface area contributed by atoms with E-state index in [1.54, 1.807) is 7.11 Å². The van der Waals surface area contributed by atoms with Crippen LogP contribution < -0.4 is 9.47 Å². The van der Waals surface area contributed by atoms with Gasteiger partial charge in [-0.3, -0.25) is 0 Å². The van der Waals surface area contributed by atoms with Crippen molar-refractivity contribution < 1.29 is 9.47 Å². The molecule has 2 nitrogen and oxygen atoms in total. The second-order valence-corrected chi connectivity index (χ2v) is 7.04. The van der Waals surface area contributed by atoms with E-state index >= 15 is 0 Å². The molecule has 0 N–H and O–H groups in total. The lowest BCUT2D eigenvalue weighted by Crippen LogP contribution is -2.34. The molecule has 1 aromatic carbocycles. The fourth-order valence-electron chi connectivity index (χ4n) is 2.29. The third-order valence-corrected chi connectivity index (χ3v) is 6.03. The van der Waals surface area contributed by atoms with Crippen LogP contribution in [-0.4, -0.2) is 24.2 Å². The topological polar surface area (TPSA) is 18.5 Å². The average molecular weight is 280 g/mol. The van der Waals surface area contributed by atoms with Gasteiger partial charge in [0.1, 0.15) is 17.1 Å². The molecule has 0 fully saturated rings. The largest absolute Gasteiger partial charge is 0.497 e. The zero-order valence-corrected chi connectivity index (χ0v) is 12.4. The normalized spacial score (nSPS) is 20.8. The maximum Gasteiger partial charge on any atom is 0.135 e. The summed E-state index contributed by atoms with van der Waals surface area (Å²) in [6.45, 7) is 4.28. The molecule has 3 rings (SSSR count). The monoisotopic (exact) mass is 280 g/mol. The number of thioether (sulfide) groups is 2. The Balaban J connectivity index is 2.16. The Bertz CT molecular complexity index is 521. The van der Waals surface area contributed by atoms with Crippen LogP contribution in [0.25, 0.3) is 4.91 Å². The van der Waals surface area contributed by atoms with Gasteiger partial charge in [0.05, 0.1) is 7.11 Å². The molecule has 0 radical (unpaired) electrons. The van der Waals surface area contributed by atoms with Crippen molar-refractivity contribution in [2.45, 2.75) is 19.4 Å². The highest BCUT2D eigenvalue weighted by Gasteiger charge is 2.37. The molecule has 2 aliphatic heterocycles. The van der Waals surface area contributed by atoms with E-state index < -0.39 is 0 Å². The minimum atomic E-state index is -0.229. The van der Waals surface area contributed by atoms with Crippen LogP contribution in [0.4, 0.5) is 0 Å². The average Bonchev–Trinajstić information content (AvgIpc) is 2.38. The Labute approximate surface area is 116 Å². The van der Waals surface area contributed by atoms with Gasteiger partial charge in [0.15, 0.2) is 0 Å². The molecule has 18 heavy (non-hydrogen) atoms. The smallest absolute Gasteiger partial charge is 0.135 e. The minimum absolute atomic E-state index is 0.229. The summed E-state index contributed by atoms with van der Waals surface area (Å²) in [6.07, 6.45) is 0. The number of ether oxygens (including phenoxy) is 2. The second kappa shape index (κ2) is 4.42. The van der Waals surface area contributed by atoms with Gasteiger partial charge in [-0.15, -0.1) is 23.5 Å². The van der Waals surface area contributed by atoms with E-state index in [4.69, 9.17) is 9.47 Å². The number of methoxy groups -OCH3 is 1. The van der Waals surface area contributed by atoms with Gasteiger partial charge in [0.25, 0.3) is 0 Å². The van der Waals surface area contributed by atoms with Crippen LogP contribution in [0.5, 0.6) is 11.5 Å². The third kappa shape index (κ3) is 1.91. The molecule has 2 aliphatic rings. The first-order valence-corrected chi connectivity index (χ1v) is 7.97. The van der Waals surface area contributed by atoms with E-state index in [1.165, 1.54) is 26.9 Å². The Morgan fingerprint density at radius 2 is 2.00 bits per heavy atom. The lowest BCUT2D eigenvalue weighted by atomic mass is 10.0. The van der Waals surface area contributed by atoms with Crippen molar-refractivity contribution in [2.24, 2.45) is 0 Å². The summed E-state index contributed by atoms with van der Waals surface area (Å²) >= 11 is 3.87. The van der Waals surface area contributed by atoms with E-state index in [0.717, 1.165) is 11.5 Å². The van der Waals surface area contributed by atoms with E-state index in [9.17, 15) is 0 Å². The van der Waals surface area contributed by atoms with Gasteiger partial charge in [0.2, 0.25) is 0 Å². The van der Waals surface area contributed by atoms with E-state index in [-0.39, 0.29) is 5.60 Å². The van der Waals surface area contributed by atoms with Crippen LogP contribution in [0, 0.1) is 0 Å². The fourth-order valence-corrected chi connectivity index (χ4v) is 5.05. The summed E-state index contributed by atoms with van der Waals surface area (Å²) in [5.41, 5.74) is 0.981. The Hall–Kier alpha value is -0.740. The summed E-state index contributed by atoms with van der Waals surface area (Å²) in [5, 5.41) is 0. The van der Waals surface area contributed by atoms with Crippen molar-refractivity contribution in [2.75, 3.05) is 18.6 Å². The maximum absolute atomic E-state index is 6.16. The van der Waals surface area contributed by atoms with Crippen molar-refractivity contribution in [3.63, 3.8) is 0 Å². The second-order valence-electron chi connectivity index (χ2n) is 4.83. The number of fused-ring (bicyclic) bond motifs is 2. The predicted molar refractivity (Wildman–Crippen MR) is 79.5 cm³/mol. The lowest BCUT2D eigenvalue weighted by molar-refractivity contribution is 0.154. The molecule has 0 bridgehead atoms. The highest BCUT2D eigenvalue weighted by Crippen LogP contribution is 2.52. The van der Waals surface area contributed by atoms with E-state index in [2.05, 4.69) is 19.9 Å². The molecule has 4 heteroatoms. The van der Waals surface area contributed by atoms with Crippen LogP contribution in [0.1, 0.15) is 19.4 Å². The molecular formula is C14H16O2S2. The van der Waals surface area contributed by atoms with Gasteiger partial charge >= 0.3 is 0 Å². The Morgan fingerprint density at radius 3 is 2.78 bits per heavy atom. The summed E-state index contributed by atoms with van der Waals surface area (Å²) in [6, 6.07) is 6.10. The first kappa shape index (κ1) is 12.3. The first-order valence-electron chi connectivity index (χ1n) is 5.99. The first-order chi connectivity index (χ1) is 8.62. The summed E-state index contributed by atoms with van der Waals surface area (Å²) in [5.74, 6) is 4.13. The van der Waals surface area contributed by atoms with Crippen molar-refractivity contribution in [1.29, 1.82) is 0 Å². The SMILES string of the molecule is COc1ccc2c(c1)OC(C)(C)C1=C2SCCS1. The molecule has 0 amide bonds. The standard InChI is InChI=1S/C14H16O2S2/c1-14(2)13-12(17-6-7-18-13)10-5-4-9(15-3)8-11(10)16-14/h4-5,8H,6-7H2,1-3H3. The lowest BCUT2D eigenvalue weighted by Gasteiger charge is -2.38. The Kier molecular flexibility index (Phi) is 3.02. The molecular weight excluding hydrogens is 264 g/mol. The number of hydrogen-bond acceptors (Lipinski definition) is 4. The fraction of sp³-hybridized carbons (Fsp3) is 0.429. The van der Waals surface area contributed by atoms with Crippen molar-refractivity contribution in [3.8, 4) is 11.5 Å². The summed E-state index contributed by atoms with van der Waals surface area (Å²) in [7, 11) is 1.69. The number of hydrogen-bond donors (Lipinski definition) is 0. The van der Waals surface area contributed by atoms with Gasteiger partial charge in [-0.25, -0.2) is 0 Å². The van der Waals surface area contributed by atoms with Crippen molar-refractivity contribution in [1.82, 2.24) is 0 Å². The highest BCUT2D eigenvalue weighted by atomic mass is 32.2. The van der Waals surface area contributed by atoms with Gasteiger partial charge in [0, 0.05) is 32.9 Å². The number of benzene rings is 1. The van der Waals surface area contributed by atoms with Crippen LogP contribution in [0.2, 0.25) is 0 Å². The predicted octanol–water partition coefficient (Wildman–Crippen LogP) is 4.01. The molecule has 2 heterocycles. The summed E-state index contributed by atoms with van der Waals surface area (Å²) < 4.78 is 11.4. The molecule has 1 aromatic rings. The highest BCUT2D eigenvalue weighted by molar-refractivity contribution is 8.13. The molecule has 0 spiro atoms. The molecule has 0 saturated carbocycles. The van der Waals surface area contributed by atoms with Gasteiger partial charge in [-0.05, 0) is 26.0 Å². The van der Waals surface area contributed by atoms with E-state index in [1.807, 2.05) is 35.7 Å².